The lowest BCUT2D eigenvalue weighted by molar-refractivity contribution is 1.13. The Kier molecular flexibility index (Phi) is 1.33. The van der Waals surface area contributed by atoms with Gasteiger partial charge >= 0.3 is 0 Å². The lowest BCUT2D eigenvalue weighted by atomic mass is 10.3. The van der Waals surface area contributed by atoms with E-state index >= 15 is 0 Å². The highest BCUT2D eigenvalue weighted by molar-refractivity contribution is 14.1. The van der Waals surface area contributed by atoms with Crippen LogP contribution < -0.4 is 0 Å². The number of hydrogen-bond acceptors (Lipinski definition) is 2. The van der Waals surface area contributed by atoms with E-state index in [-0.39, 0.29) is 0 Å². The van der Waals surface area contributed by atoms with Crippen LogP contribution in [0.25, 0.3) is 11.4 Å². The Balaban J connectivity index is 2.75. The second-order valence-corrected chi connectivity index (χ2v) is 3.05. The molecule has 50 valence electrons. The molecule has 2 heterocycles. The van der Waals surface area contributed by atoms with E-state index in [1.807, 2.05) is 15.0 Å². The van der Waals surface area contributed by atoms with E-state index in [1.165, 1.54) is 0 Å². The van der Waals surface area contributed by atoms with Crippen LogP contribution in [0.3, 0.4) is 0 Å². The number of rotatable bonds is 0. The van der Waals surface area contributed by atoms with Crippen LogP contribution in [0.4, 0.5) is 0 Å². The van der Waals surface area contributed by atoms with E-state index in [4.69, 9.17) is 0 Å². The molecule has 0 saturated carbocycles. The van der Waals surface area contributed by atoms with Crippen molar-refractivity contribution in [3.63, 3.8) is 0 Å². The molecule has 0 unspecified atom stereocenters. The Morgan fingerprint density at radius 2 is 2.20 bits per heavy atom. The third-order valence-corrected chi connectivity index (χ3v) is 1.79. The molecule has 0 radical (unpaired) electrons. The fraction of sp³-hybridized carbons (Fsp3) is 0. The van der Waals surface area contributed by atoms with Crippen molar-refractivity contribution in [2.75, 3.05) is 0 Å². The Hall–Kier alpha value is -0.650. The predicted molar refractivity (Wildman–Crippen MR) is 46.1 cm³/mol. The van der Waals surface area contributed by atoms with Crippen molar-refractivity contribution in [3.8, 4) is 11.4 Å². The molecule has 0 amide bonds. The van der Waals surface area contributed by atoms with Crippen LogP contribution in [0, 0.1) is 0 Å². The minimum atomic E-state index is 0.942. The summed E-state index contributed by atoms with van der Waals surface area (Å²) in [6, 6.07) is 1.89. The quantitative estimate of drug-likeness (QED) is 0.659. The summed E-state index contributed by atoms with van der Waals surface area (Å²) >= 11 is 2.14. The molecular formula is C6H4IN3. The van der Waals surface area contributed by atoms with Gasteiger partial charge in [0.05, 0.1) is 28.6 Å². The summed E-state index contributed by atoms with van der Waals surface area (Å²) < 4.78 is 1.85. The number of nitrogens with zero attached hydrogens (tertiary/aromatic N) is 3. The first-order valence-corrected chi connectivity index (χ1v) is 3.77. The summed E-state index contributed by atoms with van der Waals surface area (Å²) in [5.41, 5.74) is 1.89. The molecule has 0 saturated heterocycles. The van der Waals surface area contributed by atoms with Gasteiger partial charge in [0.15, 0.2) is 0 Å². The van der Waals surface area contributed by atoms with E-state index in [9.17, 15) is 0 Å². The summed E-state index contributed by atoms with van der Waals surface area (Å²) in [5, 5.41) is 0. The maximum absolute atomic E-state index is 4.13. The van der Waals surface area contributed by atoms with Crippen LogP contribution in [0.15, 0.2) is 24.8 Å². The largest absolute Gasteiger partial charge is 0.278 e. The van der Waals surface area contributed by atoms with Gasteiger partial charge in [0.1, 0.15) is 12.0 Å². The molecule has 0 aromatic rings. The van der Waals surface area contributed by atoms with Gasteiger partial charge in [-0.05, 0) is 6.07 Å². The average Bonchev–Trinajstić information content (AvgIpc) is 2.33. The van der Waals surface area contributed by atoms with Gasteiger partial charge in [-0.15, -0.1) is 0 Å². The third kappa shape index (κ3) is 0.880. The molecule has 4 heteroatoms. The Morgan fingerprint density at radius 1 is 1.30 bits per heavy atom. The van der Waals surface area contributed by atoms with Crippen LogP contribution in [0.1, 0.15) is 0 Å². The summed E-state index contributed by atoms with van der Waals surface area (Å²) in [4.78, 5) is 8.23. The fourth-order valence-electron chi connectivity index (χ4n) is 0.816. The SMILES string of the molecule is In1cnc2ccnc-2c1. The first kappa shape index (κ1) is 6.09. The topological polar surface area (TPSA) is 30.7 Å². The van der Waals surface area contributed by atoms with Crippen LogP contribution in [0.2, 0.25) is 0 Å². The monoisotopic (exact) mass is 245 g/mol. The van der Waals surface area contributed by atoms with E-state index in [2.05, 4.69) is 32.8 Å². The molecule has 2 aliphatic heterocycles. The molecule has 0 spiro atoms. The van der Waals surface area contributed by atoms with E-state index in [0.717, 1.165) is 11.4 Å². The van der Waals surface area contributed by atoms with Gasteiger partial charge in [0, 0.05) is 12.4 Å². The summed E-state index contributed by atoms with van der Waals surface area (Å²) in [5.74, 6) is 0. The number of aromatic nitrogens is 3. The minimum absolute atomic E-state index is 0.942. The number of halogens is 1. The van der Waals surface area contributed by atoms with Gasteiger partial charge in [0.25, 0.3) is 0 Å². The second-order valence-electron chi connectivity index (χ2n) is 1.93. The smallest absolute Gasteiger partial charge is 0.106 e. The lowest BCUT2D eigenvalue weighted by Gasteiger charge is -1.96. The molecule has 0 aliphatic carbocycles. The molecule has 2 aliphatic rings. The molecule has 0 bridgehead atoms. The van der Waals surface area contributed by atoms with Crippen LogP contribution in [-0.2, 0) is 0 Å². The van der Waals surface area contributed by atoms with Gasteiger partial charge in [-0.25, -0.2) is 4.98 Å². The fourth-order valence-corrected chi connectivity index (χ4v) is 1.20. The van der Waals surface area contributed by atoms with Crippen LogP contribution in [0.5, 0.6) is 0 Å². The van der Waals surface area contributed by atoms with E-state index in [0.29, 0.717) is 0 Å². The first-order valence-electron chi connectivity index (χ1n) is 2.81. The van der Waals surface area contributed by atoms with E-state index < -0.39 is 0 Å². The van der Waals surface area contributed by atoms with Gasteiger partial charge in [-0.2, -0.15) is 0 Å². The van der Waals surface area contributed by atoms with Crippen molar-refractivity contribution < 1.29 is 0 Å². The Labute approximate surface area is 71.9 Å². The number of hydrogen-bond donors (Lipinski definition) is 0. The zero-order valence-electron chi connectivity index (χ0n) is 5.03. The van der Waals surface area contributed by atoms with Crippen LogP contribution >= 0.6 is 22.9 Å². The van der Waals surface area contributed by atoms with Crippen molar-refractivity contribution in [2.45, 2.75) is 0 Å². The predicted octanol–water partition coefficient (Wildman–Crippen LogP) is 1.58. The molecule has 2 rings (SSSR count). The highest BCUT2D eigenvalue weighted by Crippen LogP contribution is 2.15. The van der Waals surface area contributed by atoms with Gasteiger partial charge < -0.3 is 0 Å². The lowest BCUT2D eigenvalue weighted by Crippen LogP contribution is -1.88. The molecule has 10 heavy (non-hydrogen) atoms. The molecular weight excluding hydrogens is 241 g/mol. The standard InChI is InChI=1S/C6H4IN3/c7-10-3-6-5(9-4-10)1-2-8-6/h1-4H. The van der Waals surface area contributed by atoms with Crippen molar-refractivity contribution in [1.29, 1.82) is 0 Å². The van der Waals surface area contributed by atoms with Crippen molar-refractivity contribution in [3.05, 3.63) is 24.8 Å². The summed E-state index contributed by atoms with van der Waals surface area (Å²) in [6.45, 7) is 0. The van der Waals surface area contributed by atoms with Gasteiger partial charge in [-0.1, -0.05) is 0 Å². The molecule has 0 aromatic carbocycles. The summed E-state index contributed by atoms with van der Waals surface area (Å²) in [7, 11) is 0. The zero-order chi connectivity index (χ0) is 6.97. The molecule has 0 aromatic heterocycles. The minimum Gasteiger partial charge on any atom is -0.278 e. The average molecular weight is 245 g/mol. The normalized spacial score (nSPS) is 10.5. The maximum Gasteiger partial charge on any atom is 0.106 e. The zero-order valence-corrected chi connectivity index (χ0v) is 7.19. The summed E-state index contributed by atoms with van der Waals surface area (Å²) in [6.07, 6.45) is 5.45. The molecule has 0 N–H and O–H groups in total. The number of fused-ring (bicyclic) bond motifs is 1. The van der Waals surface area contributed by atoms with Crippen molar-refractivity contribution in [2.24, 2.45) is 0 Å². The Bertz CT molecular complexity index is 317. The molecule has 0 fully saturated rings. The van der Waals surface area contributed by atoms with Crippen LogP contribution in [-0.4, -0.2) is 12.7 Å². The van der Waals surface area contributed by atoms with Crippen molar-refractivity contribution >= 4 is 22.9 Å². The first-order chi connectivity index (χ1) is 4.86. The highest BCUT2D eigenvalue weighted by atomic mass is 127. The molecule has 0 atom stereocenters. The maximum atomic E-state index is 4.13. The van der Waals surface area contributed by atoms with Gasteiger partial charge in [-0.3, -0.25) is 7.76 Å². The highest BCUT2D eigenvalue weighted by Gasteiger charge is 2.02. The second kappa shape index (κ2) is 2.19. The van der Waals surface area contributed by atoms with E-state index in [1.54, 1.807) is 12.5 Å². The van der Waals surface area contributed by atoms with Gasteiger partial charge in [0.2, 0.25) is 0 Å². The molecule has 3 nitrogen and oxygen atoms in total. The van der Waals surface area contributed by atoms with Crippen molar-refractivity contribution in [1.82, 2.24) is 12.7 Å². The third-order valence-electron chi connectivity index (χ3n) is 1.26. The Morgan fingerprint density at radius 3 is 3.10 bits per heavy atom.